The molecule has 0 fully saturated rings. The lowest BCUT2D eigenvalue weighted by molar-refractivity contribution is 0.249. The number of hydrogen-bond acceptors (Lipinski definition) is 1. The molecule has 23 heavy (non-hydrogen) atoms. The topological polar surface area (TPSA) is 41.1 Å². The highest BCUT2D eigenvalue weighted by Crippen LogP contribution is 2.26. The second kappa shape index (κ2) is 7.20. The van der Waals surface area contributed by atoms with Crippen molar-refractivity contribution in [2.24, 2.45) is 0 Å². The fourth-order valence-electron chi connectivity index (χ4n) is 2.06. The molecule has 0 spiro atoms. The Labute approximate surface area is 144 Å². The molecule has 2 rings (SSSR count). The van der Waals surface area contributed by atoms with Gasteiger partial charge in [-0.25, -0.2) is 9.18 Å². The number of nitrogens with one attached hydrogen (secondary N) is 2. The largest absolute Gasteiger partial charge is 0.337 e. The first-order valence-corrected chi connectivity index (χ1v) is 7.79. The molecule has 0 aliphatic heterocycles. The molecule has 0 saturated carbocycles. The van der Waals surface area contributed by atoms with Crippen molar-refractivity contribution in [3.05, 3.63) is 63.9 Å². The molecule has 2 amide bonds. The second-order valence-corrected chi connectivity index (χ2v) is 6.67. The number of carbonyl (C=O) groups excluding carboxylic acids is 1. The van der Waals surface area contributed by atoms with Crippen molar-refractivity contribution >= 4 is 34.9 Å². The maximum atomic E-state index is 13.0. The number of carbonyl (C=O) groups is 1. The lowest BCUT2D eigenvalue weighted by atomic mass is 9.84. The summed E-state index contributed by atoms with van der Waals surface area (Å²) in [6.07, 6.45) is 0. The fraction of sp³-hybridized carbons (Fsp3) is 0.235. The van der Waals surface area contributed by atoms with E-state index in [9.17, 15) is 9.18 Å². The van der Waals surface area contributed by atoms with Crippen LogP contribution in [0, 0.1) is 5.82 Å². The van der Waals surface area contributed by atoms with E-state index in [4.69, 9.17) is 23.2 Å². The van der Waals surface area contributed by atoms with Crippen molar-refractivity contribution in [3.63, 3.8) is 0 Å². The van der Waals surface area contributed by atoms with Gasteiger partial charge in [-0.3, -0.25) is 0 Å². The fourth-order valence-corrected chi connectivity index (χ4v) is 2.40. The summed E-state index contributed by atoms with van der Waals surface area (Å²) in [6, 6.07) is 10.7. The molecule has 0 aliphatic rings. The summed E-state index contributed by atoms with van der Waals surface area (Å²) in [6.45, 7) is 4.31. The Hall–Kier alpha value is -1.78. The quantitative estimate of drug-likeness (QED) is 0.775. The van der Waals surface area contributed by atoms with Gasteiger partial charge >= 0.3 is 6.03 Å². The zero-order valence-corrected chi connectivity index (χ0v) is 14.3. The minimum Gasteiger partial charge on any atom is -0.337 e. The van der Waals surface area contributed by atoms with Crippen LogP contribution in [-0.2, 0) is 5.41 Å². The number of anilines is 1. The van der Waals surface area contributed by atoms with Gasteiger partial charge in [0.15, 0.2) is 0 Å². The molecular formula is C17H17Cl2FN2O. The first-order valence-electron chi connectivity index (χ1n) is 7.04. The Morgan fingerprint density at radius 2 is 1.78 bits per heavy atom. The van der Waals surface area contributed by atoms with E-state index in [1.165, 1.54) is 12.1 Å². The summed E-state index contributed by atoms with van der Waals surface area (Å²) in [4.78, 5) is 12.0. The predicted molar refractivity (Wildman–Crippen MR) is 92.9 cm³/mol. The minimum absolute atomic E-state index is 0.286. The van der Waals surface area contributed by atoms with Gasteiger partial charge in [-0.15, -0.1) is 0 Å². The van der Waals surface area contributed by atoms with Gasteiger partial charge in [-0.2, -0.15) is 0 Å². The van der Waals surface area contributed by atoms with Crippen molar-refractivity contribution in [2.45, 2.75) is 19.3 Å². The Morgan fingerprint density at radius 3 is 2.43 bits per heavy atom. The monoisotopic (exact) mass is 354 g/mol. The molecule has 0 aliphatic carbocycles. The molecule has 2 aromatic rings. The van der Waals surface area contributed by atoms with Crippen LogP contribution in [0.15, 0.2) is 42.5 Å². The molecule has 2 aromatic carbocycles. The van der Waals surface area contributed by atoms with E-state index in [-0.39, 0.29) is 17.3 Å². The standard InChI is InChI=1S/C17H17Cl2FN2O/c1-17(2,11-3-6-13(20)7-4-11)10-21-16(23)22-15-9-12(18)5-8-14(15)19/h3-9H,10H2,1-2H3,(H2,21,22,23). The smallest absolute Gasteiger partial charge is 0.319 e. The van der Waals surface area contributed by atoms with Crippen LogP contribution in [0.1, 0.15) is 19.4 Å². The summed E-state index contributed by atoms with van der Waals surface area (Å²) in [7, 11) is 0. The van der Waals surface area contributed by atoms with E-state index in [1.807, 2.05) is 13.8 Å². The van der Waals surface area contributed by atoms with E-state index in [0.29, 0.717) is 22.3 Å². The molecule has 0 atom stereocenters. The molecule has 3 nitrogen and oxygen atoms in total. The molecule has 0 radical (unpaired) electrons. The van der Waals surface area contributed by atoms with Crippen LogP contribution in [0.3, 0.4) is 0 Å². The highest BCUT2D eigenvalue weighted by Gasteiger charge is 2.21. The molecule has 6 heteroatoms. The maximum absolute atomic E-state index is 13.0. The van der Waals surface area contributed by atoms with Crippen LogP contribution >= 0.6 is 23.2 Å². The summed E-state index contributed by atoms with van der Waals surface area (Å²) in [5.74, 6) is -0.286. The Balaban J connectivity index is 1.98. The van der Waals surface area contributed by atoms with E-state index >= 15 is 0 Å². The van der Waals surface area contributed by atoms with Gasteiger partial charge in [0.25, 0.3) is 0 Å². The van der Waals surface area contributed by atoms with Gasteiger partial charge in [-0.05, 0) is 35.9 Å². The highest BCUT2D eigenvalue weighted by molar-refractivity contribution is 6.35. The average molecular weight is 355 g/mol. The van der Waals surface area contributed by atoms with Crippen molar-refractivity contribution in [1.29, 1.82) is 0 Å². The van der Waals surface area contributed by atoms with E-state index in [2.05, 4.69) is 10.6 Å². The third-order valence-electron chi connectivity index (χ3n) is 3.49. The minimum atomic E-state index is -0.385. The third-order valence-corrected chi connectivity index (χ3v) is 4.06. The maximum Gasteiger partial charge on any atom is 0.319 e. The van der Waals surface area contributed by atoms with Gasteiger partial charge in [0.2, 0.25) is 0 Å². The third kappa shape index (κ3) is 4.85. The Kier molecular flexibility index (Phi) is 5.50. The van der Waals surface area contributed by atoms with Crippen LogP contribution < -0.4 is 10.6 Å². The van der Waals surface area contributed by atoms with Gasteiger partial charge < -0.3 is 10.6 Å². The number of urea groups is 1. The zero-order chi connectivity index (χ0) is 17.0. The zero-order valence-electron chi connectivity index (χ0n) is 12.8. The van der Waals surface area contributed by atoms with Crippen LogP contribution in [0.25, 0.3) is 0 Å². The molecule has 0 bridgehead atoms. The summed E-state index contributed by atoms with van der Waals surface area (Å²) in [5, 5.41) is 6.33. The van der Waals surface area contributed by atoms with Gasteiger partial charge in [0, 0.05) is 17.0 Å². The summed E-state index contributed by atoms with van der Waals surface area (Å²) >= 11 is 11.9. The Morgan fingerprint density at radius 1 is 1.13 bits per heavy atom. The first-order chi connectivity index (χ1) is 10.8. The van der Waals surface area contributed by atoms with Gasteiger partial charge in [0.05, 0.1) is 10.7 Å². The molecule has 0 unspecified atom stereocenters. The number of benzene rings is 2. The van der Waals surface area contributed by atoms with E-state index in [1.54, 1.807) is 30.3 Å². The van der Waals surface area contributed by atoms with Gasteiger partial charge in [0.1, 0.15) is 5.82 Å². The molecule has 0 saturated heterocycles. The van der Waals surface area contributed by atoms with Crippen LogP contribution in [0.4, 0.5) is 14.9 Å². The van der Waals surface area contributed by atoms with E-state index in [0.717, 1.165) is 5.56 Å². The normalized spacial score (nSPS) is 11.2. The van der Waals surface area contributed by atoms with Crippen LogP contribution in [-0.4, -0.2) is 12.6 Å². The van der Waals surface area contributed by atoms with Crippen molar-refractivity contribution in [2.75, 3.05) is 11.9 Å². The van der Waals surface area contributed by atoms with Crippen molar-refractivity contribution in [1.82, 2.24) is 5.32 Å². The predicted octanol–water partition coefficient (Wildman–Crippen LogP) is 5.23. The summed E-state index contributed by atoms with van der Waals surface area (Å²) in [5.41, 5.74) is 1.03. The van der Waals surface area contributed by atoms with Gasteiger partial charge in [-0.1, -0.05) is 49.2 Å². The second-order valence-electron chi connectivity index (χ2n) is 5.82. The Bertz CT molecular complexity index is 702. The lowest BCUT2D eigenvalue weighted by Crippen LogP contribution is -2.39. The molecule has 0 aromatic heterocycles. The number of amides is 2. The molecule has 2 N–H and O–H groups in total. The molecule has 122 valence electrons. The lowest BCUT2D eigenvalue weighted by Gasteiger charge is -2.25. The SMILES string of the molecule is CC(C)(CNC(=O)Nc1cc(Cl)ccc1Cl)c1ccc(F)cc1. The van der Waals surface area contributed by atoms with Crippen molar-refractivity contribution in [3.8, 4) is 0 Å². The number of rotatable bonds is 4. The average Bonchev–Trinajstić information content (AvgIpc) is 2.49. The first kappa shape index (κ1) is 17.6. The molecular weight excluding hydrogens is 338 g/mol. The highest BCUT2D eigenvalue weighted by atomic mass is 35.5. The number of halogens is 3. The number of hydrogen-bond donors (Lipinski definition) is 2. The van der Waals surface area contributed by atoms with Crippen LogP contribution in [0.5, 0.6) is 0 Å². The van der Waals surface area contributed by atoms with E-state index < -0.39 is 0 Å². The summed E-state index contributed by atoms with van der Waals surface area (Å²) < 4.78 is 13.0. The van der Waals surface area contributed by atoms with Crippen molar-refractivity contribution < 1.29 is 9.18 Å². The molecule has 0 heterocycles. The van der Waals surface area contributed by atoms with Crippen LogP contribution in [0.2, 0.25) is 10.0 Å².